The van der Waals surface area contributed by atoms with Crippen molar-refractivity contribution in [3.05, 3.63) is 64.8 Å². The van der Waals surface area contributed by atoms with E-state index in [0.717, 1.165) is 37.2 Å². The largest absolute Gasteiger partial charge is 0.496 e. The fourth-order valence-corrected chi connectivity index (χ4v) is 4.60. The molecule has 1 saturated heterocycles. The Balaban J connectivity index is 1.70. The molecule has 6 nitrogen and oxygen atoms in total. The number of aromatic nitrogens is 1. The van der Waals surface area contributed by atoms with Crippen LogP contribution in [0.2, 0.25) is 0 Å². The number of piperidine rings is 1. The highest BCUT2D eigenvalue weighted by molar-refractivity contribution is 5.92. The van der Waals surface area contributed by atoms with E-state index in [2.05, 4.69) is 28.9 Å². The summed E-state index contributed by atoms with van der Waals surface area (Å²) in [5, 5.41) is 1.19. The van der Waals surface area contributed by atoms with Crippen molar-refractivity contribution in [1.29, 1.82) is 0 Å². The number of aromatic amines is 1. The summed E-state index contributed by atoms with van der Waals surface area (Å²) in [7, 11) is 3.51. The Morgan fingerprint density at radius 2 is 1.97 bits per heavy atom. The number of hydrogen-bond donors (Lipinski definition) is 2. The molecule has 4 rings (SSSR count). The van der Waals surface area contributed by atoms with Crippen molar-refractivity contribution in [2.24, 2.45) is 5.73 Å². The maximum absolute atomic E-state index is 11.5. The summed E-state index contributed by atoms with van der Waals surface area (Å²) < 4.78 is 11.5. The number of ether oxygens (including phenoxy) is 2. The van der Waals surface area contributed by atoms with E-state index in [-0.39, 0.29) is 12.1 Å². The molecule has 0 bridgehead atoms. The zero-order valence-corrected chi connectivity index (χ0v) is 17.8. The summed E-state index contributed by atoms with van der Waals surface area (Å²) in [6, 6.07) is 12.1. The van der Waals surface area contributed by atoms with Gasteiger partial charge >= 0.3 is 0 Å². The Kier molecular flexibility index (Phi) is 5.79. The number of fused-ring (bicyclic) bond motifs is 1. The van der Waals surface area contributed by atoms with Crippen LogP contribution in [0.4, 0.5) is 0 Å². The molecule has 1 aliphatic rings. The predicted molar refractivity (Wildman–Crippen MR) is 118 cm³/mol. The maximum Gasteiger partial charge on any atom is 0.248 e. The van der Waals surface area contributed by atoms with Crippen molar-refractivity contribution in [3.8, 4) is 5.75 Å². The Labute approximate surface area is 177 Å². The Bertz CT molecular complexity index is 1040. The van der Waals surface area contributed by atoms with Crippen LogP contribution in [0.25, 0.3) is 10.9 Å². The molecule has 2 unspecified atom stereocenters. The number of H-pyrrole nitrogens is 1. The number of likely N-dealkylation sites (tertiary alicyclic amines) is 1. The van der Waals surface area contributed by atoms with Crippen LogP contribution in [0, 0.1) is 6.92 Å². The summed E-state index contributed by atoms with van der Waals surface area (Å²) in [4.78, 5) is 17.3. The summed E-state index contributed by atoms with van der Waals surface area (Å²) in [6.45, 7) is 3.68. The molecular weight excluding hydrogens is 378 g/mol. The van der Waals surface area contributed by atoms with E-state index in [9.17, 15) is 4.79 Å². The normalized spacial score (nSPS) is 19.8. The summed E-state index contributed by atoms with van der Waals surface area (Å²) in [5.74, 6) is 0.503. The average Bonchev–Trinajstić information content (AvgIpc) is 3.26. The summed E-state index contributed by atoms with van der Waals surface area (Å²) in [6.07, 6.45) is 4.16. The first-order valence-electron chi connectivity index (χ1n) is 10.3. The van der Waals surface area contributed by atoms with Gasteiger partial charge in [0.15, 0.2) is 0 Å². The zero-order valence-electron chi connectivity index (χ0n) is 17.8. The number of amides is 1. The molecular formula is C24H29N3O3. The van der Waals surface area contributed by atoms with Crippen molar-refractivity contribution in [2.75, 3.05) is 20.8 Å². The van der Waals surface area contributed by atoms with Crippen LogP contribution in [0.3, 0.4) is 0 Å². The third kappa shape index (κ3) is 3.80. The van der Waals surface area contributed by atoms with Gasteiger partial charge in [0.05, 0.1) is 13.2 Å². The van der Waals surface area contributed by atoms with Gasteiger partial charge in [-0.05, 0) is 55.2 Å². The minimum absolute atomic E-state index is 0.198. The molecule has 1 amide bonds. The first-order valence-corrected chi connectivity index (χ1v) is 10.3. The first-order chi connectivity index (χ1) is 14.5. The van der Waals surface area contributed by atoms with Gasteiger partial charge in [0.1, 0.15) is 5.75 Å². The number of methoxy groups -OCH3 is 2. The third-order valence-electron chi connectivity index (χ3n) is 6.25. The molecule has 2 heterocycles. The van der Waals surface area contributed by atoms with E-state index in [1.165, 1.54) is 22.1 Å². The highest BCUT2D eigenvalue weighted by Gasteiger charge is 2.30. The molecule has 158 valence electrons. The zero-order chi connectivity index (χ0) is 21.3. The van der Waals surface area contributed by atoms with Crippen LogP contribution in [-0.2, 0) is 11.3 Å². The molecule has 1 aliphatic heterocycles. The second-order valence-electron chi connectivity index (χ2n) is 8.01. The molecule has 2 aromatic carbocycles. The van der Waals surface area contributed by atoms with Gasteiger partial charge in [0, 0.05) is 54.5 Å². The van der Waals surface area contributed by atoms with E-state index < -0.39 is 5.91 Å². The van der Waals surface area contributed by atoms with Crippen molar-refractivity contribution >= 4 is 16.8 Å². The number of nitrogens with two attached hydrogens (primary N) is 1. The lowest BCUT2D eigenvalue weighted by Crippen LogP contribution is -2.41. The van der Waals surface area contributed by atoms with Gasteiger partial charge in [-0.25, -0.2) is 0 Å². The molecule has 0 saturated carbocycles. The van der Waals surface area contributed by atoms with Crippen LogP contribution in [0.5, 0.6) is 5.75 Å². The fraction of sp³-hybridized carbons (Fsp3) is 0.375. The summed E-state index contributed by atoms with van der Waals surface area (Å²) in [5.41, 5.74) is 10.6. The van der Waals surface area contributed by atoms with Crippen LogP contribution in [-0.4, -0.2) is 42.7 Å². The number of benzene rings is 2. The van der Waals surface area contributed by atoms with E-state index in [1.54, 1.807) is 14.2 Å². The maximum atomic E-state index is 11.5. The molecule has 3 aromatic rings. The van der Waals surface area contributed by atoms with Crippen LogP contribution >= 0.6 is 0 Å². The van der Waals surface area contributed by atoms with Crippen LogP contribution in [0.15, 0.2) is 42.6 Å². The molecule has 2 atom stereocenters. The second kappa shape index (κ2) is 8.50. The molecule has 0 radical (unpaired) electrons. The van der Waals surface area contributed by atoms with Gasteiger partial charge in [-0.2, -0.15) is 0 Å². The van der Waals surface area contributed by atoms with E-state index in [1.807, 2.05) is 30.5 Å². The molecule has 1 aromatic heterocycles. The lowest BCUT2D eigenvalue weighted by Gasteiger charge is -2.40. The Hall–Kier alpha value is -2.83. The number of carbonyl (C=O) groups excluding carboxylic acids is 1. The molecule has 30 heavy (non-hydrogen) atoms. The van der Waals surface area contributed by atoms with E-state index in [0.29, 0.717) is 5.56 Å². The molecule has 3 N–H and O–H groups in total. The minimum Gasteiger partial charge on any atom is -0.496 e. The van der Waals surface area contributed by atoms with Gasteiger partial charge < -0.3 is 20.2 Å². The number of nitrogens with one attached hydrogen (secondary N) is 1. The first kappa shape index (κ1) is 20.4. The van der Waals surface area contributed by atoms with Gasteiger partial charge in [-0.1, -0.05) is 12.1 Å². The van der Waals surface area contributed by atoms with Gasteiger partial charge in [-0.15, -0.1) is 0 Å². The topological polar surface area (TPSA) is 80.6 Å². The van der Waals surface area contributed by atoms with E-state index >= 15 is 0 Å². The van der Waals surface area contributed by atoms with Crippen molar-refractivity contribution in [1.82, 2.24) is 9.88 Å². The van der Waals surface area contributed by atoms with Crippen LogP contribution in [0.1, 0.15) is 45.9 Å². The Morgan fingerprint density at radius 3 is 2.63 bits per heavy atom. The highest BCUT2D eigenvalue weighted by atomic mass is 16.5. The molecule has 1 fully saturated rings. The van der Waals surface area contributed by atoms with E-state index in [4.69, 9.17) is 15.2 Å². The molecule has 0 spiro atoms. The number of nitrogens with zero attached hydrogens (tertiary/aromatic N) is 1. The lowest BCUT2D eigenvalue weighted by molar-refractivity contribution is 0.000820. The van der Waals surface area contributed by atoms with Crippen molar-refractivity contribution in [2.45, 2.75) is 38.5 Å². The minimum atomic E-state index is -0.402. The SMILES string of the molecule is COc1cc(C)c2[nH]ccc2c1CN1CC(OC)CCC1c1ccc(C(N)=O)cc1. The Morgan fingerprint density at radius 1 is 1.20 bits per heavy atom. The number of primary amides is 1. The third-order valence-corrected chi connectivity index (χ3v) is 6.25. The molecule has 0 aliphatic carbocycles. The monoisotopic (exact) mass is 407 g/mol. The van der Waals surface area contributed by atoms with Crippen LogP contribution < -0.4 is 10.5 Å². The lowest BCUT2D eigenvalue weighted by atomic mass is 9.92. The van der Waals surface area contributed by atoms with Crippen molar-refractivity contribution < 1.29 is 14.3 Å². The van der Waals surface area contributed by atoms with Gasteiger partial charge in [-0.3, -0.25) is 9.69 Å². The predicted octanol–water partition coefficient (Wildman–Crippen LogP) is 3.94. The summed E-state index contributed by atoms with van der Waals surface area (Å²) >= 11 is 0. The number of aryl methyl sites for hydroxylation is 1. The smallest absolute Gasteiger partial charge is 0.248 e. The van der Waals surface area contributed by atoms with Gasteiger partial charge in [0.2, 0.25) is 5.91 Å². The number of rotatable bonds is 6. The standard InChI is InChI=1S/C24H29N3O3/c1-15-12-22(30-3)20(19-10-11-26-23(15)19)14-27-13-18(29-2)8-9-21(27)16-4-6-17(7-5-16)24(25)28/h4-7,10-12,18,21,26H,8-9,13-14H2,1-3H3,(H2,25,28). The molecule has 6 heteroatoms. The van der Waals surface area contributed by atoms with Gasteiger partial charge in [0.25, 0.3) is 0 Å². The van der Waals surface area contributed by atoms with Crippen molar-refractivity contribution in [3.63, 3.8) is 0 Å². The number of hydrogen-bond acceptors (Lipinski definition) is 4. The average molecular weight is 408 g/mol. The second-order valence-corrected chi connectivity index (χ2v) is 8.01. The fourth-order valence-electron chi connectivity index (χ4n) is 4.60. The number of carbonyl (C=O) groups is 1. The quantitative estimate of drug-likeness (QED) is 0.649. The highest BCUT2D eigenvalue weighted by Crippen LogP contribution is 2.37.